The van der Waals surface area contributed by atoms with Crippen LogP contribution in [0.1, 0.15) is 18.1 Å². The molecule has 2 rings (SSSR count). The van der Waals surface area contributed by atoms with E-state index in [1.54, 1.807) is 10.9 Å². The number of hydrogen-bond acceptors (Lipinski definition) is 2. The van der Waals surface area contributed by atoms with Crippen molar-refractivity contribution in [1.82, 2.24) is 9.78 Å². The molecule has 4 heteroatoms. The van der Waals surface area contributed by atoms with Crippen LogP contribution in [0.4, 0.5) is 0 Å². The molecule has 1 aromatic carbocycles. The molecule has 16 heavy (non-hydrogen) atoms. The highest BCUT2D eigenvalue weighted by molar-refractivity contribution is 5.86. The molecular formula is C12H14N2O2. The van der Waals surface area contributed by atoms with Crippen LogP contribution in [0.3, 0.4) is 0 Å². The SMILES string of the molecule is CCc1cc(CC(=O)O)c2cnn(C)c2c1. The fourth-order valence-corrected chi connectivity index (χ4v) is 1.90. The lowest BCUT2D eigenvalue weighted by atomic mass is 10.0. The molecule has 1 N–H and O–H groups in total. The minimum Gasteiger partial charge on any atom is -0.481 e. The summed E-state index contributed by atoms with van der Waals surface area (Å²) in [6.45, 7) is 2.06. The second kappa shape index (κ2) is 3.96. The van der Waals surface area contributed by atoms with Gasteiger partial charge in [0.2, 0.25) is 0 Å². The van der Waals surface area contributed by atoms with Crippen molar-refractivity contribution in [2.45, 2.75) is 19.8 Å². The molecule has 0 aliphatic heterocycles. The third-order valence-corrected chi connectivity index (χ3v) is 2.76. The Morgan fingerprint density at radius 3 is 2.88 bits per heavy atom. The molecule has 0 saturated heterocycles. The molecule has 0 saturated carbocycles. The standard InChI is InChI=1S/C12H14N2O2/c1-3-8-4-9(6-12(15)16)10-7-13-14(2)11(10)5-8/h4-5,7H,3,6H2,1-2H3,(H,15,16). The molecule has 84 valence electrons. The normalized spacial score (nSPS) is 10.9. The van der Waals surface area contributed by atoms with Crippen LogP contribution in [-0.4, -0.2) is 20.9 Å². The fourth-order valence-electron chi connectivity index (χ4n) is 1.90. The summed E-state index contributed by atoms with van der Waals surface area (Å²) < 4.78 is 1.78. The van der Waals surface area contributed by atoms with Gasteiger partial charge < -0.3 is 5.11 Å². The van der Waals surface area contributed by atoms with E-state index in [2.05, 4.69) is 18.1 Å². The van der Waals surface area contributed by atoms with Crippen molar-refractivity contribution in [1.29, 1.82) is 0 Å². The Hall–Kier alpha value is -1.84. The molecule has 0 amide bonds. The van der Waals surface area contributed by atoms with Crippen molar-refractivity contribution in [3.8, 4) is 0 Å². The molecule has 1 aromatic heterocycles. The van der Waals surface area contributed by atoms with Gasteiger partial charge in [-0.1, -0.05) is 13.0 Å². The third kappa shape index (κ3) is 1.78. The van der Waals surface area contributed by atoms with E-state index in [1.807, 2.05) is 13.1 Å². The van der Waals surface area contributed by atoms with E-state index in [9.17, 15) is 4.79 Å². The van der Waals surface area contributed by atoms with E-state index in [1.165, 1.54) is 0 Å². The number of benzene rings is 1. The van der Waals surface area contributed by atoms with E-state index >= 15 is 0 Å². The van der Waals surface area contributed by atoms with E-state index in [4.69, 9.17) is 5.11 Å². The van der Waals surface area contributed by atoms with Gasteiger partial charge in [0, 0.05) is 12.4 Å². The quantitative estimate of drug-likeness (QED) is 0.854. The Morgan fingerprint density at radius 1 is 1.50 bits per heavy atom. The van der Waals surface area contributed by atoms with Crippen LogP contribution in [0.2, 0.25) is 0 Å². The van der Waals surface area contributed by atoms with Crippen LogP contribution in [0.25, 0.3) is 10.9 Å². The summed E-state index contributed by atoms with van der Waals surface area (Å²) in [5.41, 5.74) is 2.98. The van der Waals surface area contributed by atoms with Gasteiger partial charge in [-0.05, 0) is 23.6 Å². The summed E-state index contributed by atoms with van der Waals surface area (Å²) in [6.07, 6.45) is 2.68. The first-order valence-electron chi connectivity index (χ1n) is 5.27. The van der Waals surface area contributed by atoms with Gasteiger partial charge >= 0.3 is 5.97 Å². The van der Waals surface area contributed by atoms with Crippen molar-refractivity contribution < 1.29 is 9.90 Å². The first-order chi connectivity index (χ1) is 7.61. The largest absolute Gasteiger partial charge is 0.481 e. The minimum atomic E-state index is -0.807. The zero-order chi connectivity index (χ0) is 11.7. The Bertz CT molecular complexity index is 543. The molecule has 0 fully saturated rings. The number of carboxylic acids is 1. The highest BCUT2D eigenvalue weighted by atomic mass is 16.4. The molecule has 0 aliphatic rings. The van der Waals surface area contributed by atoms with Crippen LogP contribution < -0.4 is 0 Å². The maximum Gasteiger partial charge on any atom is 0.307 e. The molecule has 4 nitrogen and oxygen atoms in total. The average Bonchev–Trinajstić information content (AvgIpc) is 2.60. The van der Waals surface area contributed by atoms with Gasteiger partial charge in [-0.15, -0.1) is 0 Å². The number of rotatable bonds is 3. The summed E-state index contributed by atoms with van der Waals surface area (Å²) in [5.74, 6) is -0.807. The zero-order valence-corrected chi connectivity index (χ0v) is 9.40. The van der Waals surface area contributed by atoms with Crippen LogP contribution >= 0.6 is 0 Å². The highest BCUT2D eigenvalue weighted by Gasteiger charge is 2.10. The molecular weight excluding hydrogens is 204 g/mol. The summed E-state index contributed by atoms with van der Waals surface area (Å²) in [7, 11) is 1.87. The maximum absolute atomic E-state index is 10.8. The van der Waals surface area contributed by atoms with Crippen molar-refractivity contribution >= 4 is 16.9 Å². The van der Waals surface area contributed by atoms with Gasteiger partial charge in [-0.25, -0.2) is 0 Å². The van der Waals surface area contributed by atoms with Gasteiger partial charge in [0.05, 0.1) is 18.1 Å². The lowest BCUT2D eigenvalue weighted by Gasteiger charge is -2.04. The van der Waals surface area contributed by atoms with E-state index in [0.717, 1.165) is 28.5 Å². The number of carboxylic acid groups (broad SMARTS) is 1. The predicted molar refractivity (Wildman–Crippen MR) is 61.4 cm³/mol. The number of carbonyl (C=O) groups is 1. The number of fused-ring (bicyclic) bond motifs is 1. The topological polar surface area (TPSA) is 55.1 Å². The number of aryl methyl sites for hydroxylation is 2. The third-order valence-electron chi connectivity index (χ3n) is 2.76. The molecule has 0 atom stereocenters. The van der Waals surface area contributed by atoms with Crippen LogP contribution in [0.15, 0.2) is 18.3 Å². The zero-order valence-electron chi connectivity index (χ0n) is 9.40. The lowest BCUT2D eigenvalue weighted by Crippen LogP contribution is -2.01. The van der Waals surface area contributed by atoms with Crippen LogP contribution in [-0.2, 0) is 24.7 Å². The molecule has 0 bridgehead atoms. The van der Waals surface area contributed by atoms with Crippen molar-refractivity contribution in [3.05, 3.63) is 29.5 Å². The first-order valence-corrected chi connectivity index (χ1v) is 5.27. The Labute approximate surface area is 93.5 Å². The minimum absolute atomic E-state index is 0.0516. The van der Waals surface area contributed by atoms with Gasteiger partial charge in [-0.3, -0.25) is 9.48 Å². The number of aromatic nitrogens is 2. The Morgan fingerprint density at radius 2 is 2.25 bits per heavy atom. The van der Waals surface area contributed by atoms with E-state index in [-0.39, 0.29) is 6.42 Å². The monoisotopic (exact) mass is 218 g/mol. The Kier molecular flexibility index (Phi) is 2.64. The number of aliphatic carboxylic acids is 1. The summed E-state index contributed by atoms with van der Waals surface area (Å²) in [4.78, 5) is 10.8. The maximum atomic E-state index is 10.8. The molecule has 0 aliphatic carbocycles. The summed E-state index contributed by atoms with van der Waals surface area (Å²) >= 11 is 0. The molecule has 0 spiro atoms. The number of hydrogen-bond donors (Lipinski definition) is 1. The van der Waals surface area contributed by atoms with E-state index < -0.39 is 5.97 Å². The second-order valence-corrected chi connectivity index (χ2v) is 3.88. The Balaban J connectivity index is 2.64. The molecule has 0 radical (unpaired) electrons. The smallest absolute Gasteiger partial charge is 0.307 e. The molecule has 0 unspecified atom stereocenters. The van der Waals surface area contributed by atoms with Crippen LogP contribution in [0.5, 0.6) is 0 Å². The molecule has 1 heterocycles. The van der Waals surface area contributed by atoms with Crippen molar-refractivity contribution in [2.24, 2.45) is 7.05 Å². The van der Waals surface area contributed by atoms with Gasteiger partial charge in [0.1, 0.15) is 0 Å². The van der Waals surface area contributed by atoms with E-state index in [0.29, 0.717) is 0 Å². The summed E-state index contributed by atoms with van der Waals surface area (Å²) in [5, 5.41) is 14.0. The predicted octanol–water partition coefficient (Wildman–Crippen LogP) is 1.76. The van der Waals surface area contributed by atoms with Gasteiger partial charge in [0.25, 0.3) is 0 Å². The fraction of sp³-hybridized carbons (Fsp3) is 0.333. The lowest BCUT2D eigenvalue weighted by molar-refractivity contribution is -0.136. The summed E-state index contributed by atoms with van der Waals surface area (Å²) in [6, 6.07) is 4.02. The van der Waals surface area contributed by atoms with Gasteiger partial charge in [-0.2, -0.15) is 5.10 Å². The van der Waals surface area contributed by atoms with Crippen LogP contribution in [0, 0.1) is 0 Å². The molecule has 2 aromatic rings. The highest BCUT2D eigenvalue weighted by Crippen LogP contribution is 2.21. The second-order valence-electron chi connectivity index (χ2n) is 3.88. The average molecular weight is 218 g/mol. The first kappa shape index (κ1) is 10.7. The van der Waals surface area contributed by atoms with Gasteiger partial charge in [0.15, 0.2) is 0 Å². The number of nitrogens with zero attached hydrogens (tertiary/aromatic N) is 2. The van der Waals surface area contributed by atoms with Crippen molar-refractivity contribution in [2.75, 3.05) is 0 Å². The van der Waals surface area contributed by atoms with Crippen molar-refractivity contribution in [3.63, 3.8) is 0 Å².